The summed E-state index contributed by atoms with van der Waals surface area (Å²) >= 11 is 0. The molecule has 7 nitrogen and oxygen atoms in total. The molecule has 0 aromatic rings. The van der Waals surface area contributed by atoms with E-state index in [9.17, 15) is 25.5 Å². The van der Waals surface area contributed by atoms with Crippen LogP contribution in [0.1, 0.15) is 53.4 Å². The smallest absolute Gasteiger partial charge is 0.186 e. The molecule has 28 heavy (non-hydrogen) atoms. The molecule has 5 rings (SSSR count). The van der Waals surface area contributed by atoms with Crippen molar-refractivity contribution >= 4 is 0 Å². The van der Waals surface area contributed by atoms with E-state index in [0.717, 1.165) is 19.3 Å². The van der Waals surface area contributed by atoms with E-state index < -0.39 is 42.9 Å². The van der Waals surface area contributed by atoms with Crippen LogP contribution in [-0.4, -0.2) is 74.6 Å². The molecule has 0 unspecified atom stereocenters. The Morgan fingerprint density at radius 3 is 2.39 bits per heavy atom. The standard InChI is InChI=1S/C21H36O7/c1-10-12-7-11-5-6-20(12,4)21(26,19(11,2)3)8-13(10)27-18-17(25)16(24)15(23)14(9-22)28-18/h10-18,22-26H,5-9H2,1-4H3/t10-,11-,12+,13-,14-,15-,16+,17-,18-,20+,21-/m1/s1. The summed E-state index contributed by atoms with van der Waals surface area (Å²) in [6.45, 7) is 8.19. The van der Waals surface area contributed by atoms with Gasteiger partial charge in [-0.15, -0.1) is 0 Å². The van der Waals surface area contributed by atoms with Gasteiger partial charge in [-0.1, -0.05) is 27.7 Å². The third-order valence-corrected chi connectivity index (χ3v) is 9.28. The fraction of sp³-hybridized carbons (Fsp3) is 1.00. The molecule has 1 heterocycles. The number of aliphatic hydroxyl groups is 5. The van der Waals surface area contributed by atoms with Crippen molar-refractivity contribution in [1.29, 1.82) is 0 Å². The first-order valence-corrected chi connectivity index (χ1v) is 10.7. The van der Waals surface area contributed by atoms with Crippen molar-refractivity contribution in [1.82, 2.24) is 0 Å². The van der Waals surface area contributed by atoms with Crippen LogP contribution >= 0.6 is 0 Å². The lowest BCUT2D eigenvalue weighted by Gasteiger charge is -2.72. The fourth-order valence-electron chi connectivity index (χ4n) is 7.14. The van der Waals surface area contributed by atoms with Gasteiger partial charge in [-0.25, -0.2) is 0 Å². The number of ether oxygens (including phenoxy) is 2. The van der Waals surface area contributed by atoms with E-state index in [1.807, 2.05) is 0 Å². The van der Waals surface area contributed by atoms with Crippen LogP contribution in [0.2, 0.25) is 0 Å². The highest BCUT2D eigenvalue weighted by Gasteiger charge is 2.72. The first-order valence-electron chi connectivity index (χ1n) is 10.7. The Hall–Kier alpha value is -0.280. The maximum absolute atomic E-state index is 11.9. The predicted molar refractivity (Wildman–Crippen MR) is 100 cm³/mol. The second kappa shape index (κ2) is 6.61. The summed E-state index contributed by atoms with van der Waals surface area (Å²) < 4.78 is 11.7. The van der Waals surface area contributed by atoms with Crippen LogP contribution in [0.25, 0.3) is 0 Å². The van der Waals surface area contributed by atoms with Gasteiger partial charge in [0.25, 0.3) is 0 Å². The van der Waals surface area contributed by atoms with Crippen molar-refractivity contribution in [2.24, 2.45) is 28.6 Å². The van der Waals surface area contributed by atoms with Gasteiger partial charge in [-0.05, 0) is 42.4 Å². The highest BCUT2D eigenvalue weighted by Crippen LogP contribution is 2.71. The zero-order valence-corrected chi connectivity index (χ0v) is 17.3. The lowest BCUT2D eigenvalue weighted by molar-refractivity contribution is -0.352. The molecule has 0 aromatic heterocycles. The number of fused-ring (bicyclic) bond motifs is 1. The minimum Gasteiger partial charge on any atom is -0.394 e. The lowest BCUT2D eigenvalue weighted by atomic mass is 9.35. The monoisotopic (exact) mass is 400 g/mol. The van der Waals surface area contributed by atoms with E-state index in [2.05, 4.69) is 27.7 Å². The van der Waals surface area contributed by atoms with E-state index in [0.29, 0.717) is 18.3 Å². The van der Waals surface area contributed by atoms with Gasteiger partial charge in [0, 0.05) is 11.8 Å². The maximum atomic E-state index is 11.9. The van der Waals surface area contributed by atoms with E-state index in [4.69, 9.17) is 9.47 Å². The third-order valence-electron chi connectivity index (χ3n) is 9.28. The van der Waals surface area contributed by atoms with Crippen LogP contribution in [0.3, 0.4) is 0 Å². The quantitative estimate of drug-likeness (QED) is 0.435. The molecule has 162 valence electrons. The Labute approximate surface area is 166 Å². The molecule has 1 saturated heterocycles. The molecule has 4 aliphatic carbocycles. The van der Waals surface area contributed by atoms with Gasteiger partial charge in [0.15, 0.2) is 6.29 Å². The zero-order chi connectivity index (χ0) is 20.6. The molecule has 0 aromatic carbocycles. The SMILES string of the molecule is C[C@H]1[C@H](O[C@@H]2O[C@H](CO)[C@@H](O)[C@H](O)[C@H]2O)C[C@@]2(O)C(C)(C)[C@@H]3CC[C@@]2(C)[C@H]1C3. The van der Waals surface area contributed by atoms with Crippen LogP contribution in [-0.2, 0) is 9.47 Å². The highest BCUT2D eigenvalue weighted by atomic mass is 16.7. The summed E-state index contributed by atoms with van der Waals surface area (Å²) in [7, 11) is 0. The lowest BCUT2D eigenvalue weighted by Crippen LogP contribution is -2.74. The first-order chi connectivity index (χ1) is 13.0. The number of hydrogen-bond donors (Lipinski definition) is 5. The van der Waals surface area contributed by atoms with Crippen molar-refractivity contribution in [2.75, 3.05) is 6.61 Å². The Bertz CT molecular complexity index is 610. The molecule has 1 aliphatic heterocycles. The summed E-state index contributed by atoms with van der Waals surface area (Å²) in [5, 5.41) is 51.8. The maximum Gasteiger partial charge on any atom is 0.186 e. The molecule has 5 aliphatic rings. The molecule has 7 heteroatoms. The Morgan fingerprint density at radius 1 is 1.07 bits per heavy atom. The van der Waals surface area contributed by atoms with Gasteiger partial charge in [0.05, 0.1) is 18.3 Å². The highest BCUT2D eigenvalue weighted by molar-refractivity contribution is 5.21. The average Bonchev–Trinajstić information content (AvgIpc) is 2.65. The summed E-state index contributed by atoms with van der Waals surface area (Å²) in [6, 6.07) is 0. The van der Waals surface area contributed by atoms with Gasteiger partial charge in [0.1, 0.15) is 24.4 Å². The minimum atomic E-state index is -1.46. The number of hydrogen-bond acceptors (Lipinski definition) is 7. The Kier molecular flexibility index (Phi) is 4.95. The van der Waals surface area contributed by atoms with Crippen molar-refractivity contribution < 1.29 is 35.0 Å². The minimum absolute atomic E-state index is 0.163. The van der Waals surface area contributed by atoms with Crippen LogP contribution in [0.5, 0.6) is 0 Å². The average molecular weight is 401 g/mol. The molecule has 0 spiro atoms. The zero-order valence-electron chi connectivity index (χ0n) is 17.3. The fourth-order valence-corrected chi connectivity index (χ4v) is 7.14. The molecular weight excluding hydrogens is 364 g/mol. The van der Waals surface area contributed by atoms with E-state index in [1.165, 1.54) is 0 Å². The summed E-state index contributed by atoms with van der Waals surface area (Å²) in [5.41, 5.74) is -1.27. The van der Waals surface area contributed by atoms with Crippen molar-refractivity contribution in [3.8, 4) is 0 Å². The Balaban J connectivity index is 1.59. The van der Waals surface area contributed by atoms with Gasteiger partial charge in [-0.2, -0.15) is 0 Å². The molecule has 0 radical (unpaired) electrons. The van der Waals surface area contributed by atoms with Crippen LogP contribution < -0.4 is 0 Å². The van der Waals surface area contributed by atoms with Crippen molar-refractivity contribution in [3.05, 3.63) is 0 Å². The van der Waals surface area contributed by atoms with Crippen LogP contribution in [0.4, 0.5) is 0 Å². The first kappa shape index (κ1) is 21.0. The molecular formula is C21H36O7. The number of aliphatic hydroxyl groups excluding tert-OH is 4. The second-order valence-corrected chi connectivity index (χ2v) is 10.5. The van der Waals surface area contributed by atoms with Gasteiger partial charge >= 0.3 is 0 Å². The molecule has 4 bridgehead atoms. The Morgan fingerprint density at radius 2 is 1.75 bits per heavy atom. The van der Waals surface area contributed by atoms with Crippen molar-refractivity contribution in [2.45, 2.75) is 95.8 Å². The largest absolute Gasteiger partial charge is 0.394 e. The van der Waals surface area contributed by atoms with Crippen LogP contribution in [0, 0.1) is 28.6 Å². The molecule has 4 saturated carbocycles. The summed E-state index contributed by atoms with van der Waals surface area (Å²) in [6.07, 6.45) is -3.10. The molecule has 11 atom stereocenters. The van der Waals surface area contributed by atoms with Gasteiger partial charge in [-0.3, -0.25) is 0 Å². The summed E-state index contributed by atoms with van der Waals surface area (Å²) in [4.78, 5) is 0. The van der Waals surface area contributed by atoms with Gasteiger partial charge in [0.2, 0.25) is 0 Å². The molecule has 5 N–H and O–H groups in total. The van der Waals surface area contributed by atoms with E-state index in [-0.39, 0.29) is 22.9 Å². The predicted octanol–water partition coefficient (Wildman–Crippen LogP) is 0.405. The second-order valence-electron chi connectivity index (χ2n) is 10.5. The summed E-state index contributed by atoms with van der Waals surface area (Å²) in [5.74, 6) is 0.962. The van der Waals surface area contributed by atoms with E-state index in [1.54, 1.807) is 0 Å². The van der Waals surface area contributed by atoms with Gasteiger partial charge < -0.3 is 35.0 Å². The number of rotatable bonds is 3. The van der Waals surface area contributed by atoms with Crippen LogP contribution in [0.15, 0.2) is 0 Å². The molecule has 0 amide bonds. The van der Waals surface area contributed by atoms with Crippen molar-refractivity contribution in [3.63, 3.8) is 0 Å². The van der Waals surface area contributed by atoms with E-state index >= 15 is 0 Å². The molecule has 5 fully saturated rings. The topological polar surface area (TPSA) is 120 Å². The normalized spacial score (nSPS) is 58.0. The third kappa shape index (κ3) is 2.54.